The summed E-state index contributed by atoms with van der Waals surface area (Å²) < 4.78 is 7.14. The standard InChI is InChI=1S/C64H40O/c1-4-20-41(21-5-1)44-38-45(42-22-6-2-7-23-42)40-46(39-44)60-49-28-12-14-30-51(49)61(52-31-15-13-29-50(52)60)55-34-19-37-58-63(55)57-36-18-35-56(64(57)65-58)62-53-32-16-10-26-47(53)59(43-24-8-3-9-25-43)48-27-11-17-33-54(48)62/h1-40H. The Morgan fingerprint density at radius 3 is 1.03 bits per heavy atom. The predicted molar refractivity (Wildman–Crippen MR) is 276 cm³/mol. The summed E-state index contributed by atoms with van der Waals surface area (Å²) in [4.78, 5) is 0. The molecule has 0 fully saturated rings. The second-order valence-electron chi connectivity index (χ2n) is 17.0. The highest BCUT2D eigenvalue weighted by Gasteiger charge is 2.24. The molecule has 1 nitrogen and oxygen atoms in total. The van der Waals surface area contributed by atoms with Crippen molar-refractivity contribution < 1.29 is 4.42 Å². The highest BCUT2D eigenvalue weighted by atomic mass is 16.3. The van der Waals surface area contributed by atoms with Crippen molar-refractivity contribution in [2.75, 3.05) is 0 Å². The van der Waals surface area contributed by atoms with Crippen molar-refractivity contribution in [3.63, 3.8) is 0 Å². The first-order valence-electron chi connectivity index (χ1n) is 22.4. The van der Waals surface area contributed by atoms with E-state index in [2.05, 4.69) is 243 Å². The number of fused-ring (bicyclic) bond motifs is 7. The van der Waals surface area contributed by atoms with Gasteiger partial charge in [-0.25, -0.2) is 0 Å². The minimum Gasteiger partial charge on any atom is -0.455 e. The first-order chi connectivity index (χ1) is 32.3. The van der Waals surface area contributed by atoms with Gasteiger partial charge in [-0.15, -0.1) is 0 Å². The molecule has 302 valence electrons. The second kappa shape index (κ2) is 15.1. The number of hydrogen-bond acceptors (Lipinski definition) is 1. The molecule has 13 rings (SSSR count). The van der Waals surface area contributed by atoms with Gasteiger partial charge >= 0.3 is 0 Å². The molecule has 0 amide bonds. The van der Waals surface area contributed by atoms with Crippen molar-refractivity contribution >= 4 is 65.0 Å². The van der Waals surface area contributed by atoms with Crippen LogP contribution in [0.4, 0.5) is 0 Å². The summed E-state index contributed by atoms with van der Waals surface area (Å²) in [6.45, 7) is 0. The van der Waals surface area contributed by atoms with Crippen LogP contribution >= 0.6 is 0 Å². The SMILES string of the molecule is c1ccc(-c2cc(-c3ccccc3)cc(-c3c4ccccc4c(-c4cccc5oc6c(-c7c8ccccc8c(-c8ccccc8)c8ccccc78)cccc6c45)c4ccccc34)c2)cc1. The van der Waals surface area contributed by atoms with Crippen LogP contribution < -0.4 is 0 Å². The van der Waals surface area contributed by atoms with Gasteiger partial charge in [0, 0.05) is 21.9 Å². The molecular formula is C64H40O. The van der Waals surface area contributed by atoms with Gasteiger partial charge < -0.3 is 4.42 Å². The topological polar surface area (TPSA) is 13.1 Å². The fourth-order valence-corrected chi connectivity index (χ4v) is 10.7. The van der Waals surface area contributed by atoms with Crippen molar-refractivity contribution in [2.24, 2.45) is 0 Å². The van der Waals surface area contributed by atoms with Crippen LogP contribution in [0.1, 0.15) is 0 Å². The largest absolute Gasteiger partial charge is 0.455 e. The van der Waals surface area contributed by atoms with E-state index in [1.165, 1.54) is 98.7 Å². The Morgan fingerprint density at radius 2 is 0.554 bits per heavy atom. The third kappa shape index (κ3) is 5.94. The highest BCUT2D eigenvalue weighted by molar-refractivity contribution is 6.28. The van der Waals surface area contributed by atoms with Crippen LogP contribution in [-0.4, -0.2) is 0 Å². The lowest BCUT2D eigenvalue weighted by Gasteiger charge is -2.19. The maximum absolute atomic E-state index is 7.14. The minimum absolute atomic E-state index is 0.875. The van der Waals surface area contributed by atoms with Crippen molar-refractivity contribution in [3.05, 3.63) is 243 Å². The molecule has 13 aromatic rings. The lowest BCUT2D eigenvalue weighted by atomic mass is 9.83. The third-order valence-electron chi connectivity index (χ3n) is 13.4. The molecule has 12 aromatic carbocycles. The molecule has 0 N–H and O–H groups in total. The Morgan fingerprint density at radius 1 is 0.215 bits per heavy atom. The summed E-state index contributed by atoms with van der Waals surface area (Å²) in [5, 5.41) is 11.9. The van der Waals surface area contributed by atoms with Gasteiger partial charge in [0.1, 0.15) is 11.2 Å². The summed E-state index contributed by atoms with van der Waals surface area (Å²) in [6, 6.07) is 88.3. The molecule has 0 aliphatic heterocycles. The van der Waals surface area contributed by atoms with Crippen molar-refractivity contribution in [2.45, 2.75) is 0 Å². The van der Waals surface area contributed by atoms with Gasteiger partial charge in [0.15, 0.2) is 0 Å². The first-order valence-corrected chi connectivity index (χ1v) is 22.4. The van der Waals surface area contributed by atoms with E-state index in [0.29, 0.717) is 0 Å². The summed E-state index contributed by atoms with van der Waals surface area (Å²) >= 11 is 0. The molecule has 1 heterocycles. The van der Waals surface area contributed by atoms with Crippen molar-refractivity contribution in [1.82, 2.24) is 0 Å². The van der Waals surface area contributed by atoms with E-state index in [1.807, 2.05) is 0 Å². The predicted octanol–water partition coefficient (Wildman–Crippen LogP) is 18.2. The molecule has 0 unspecified atom stereocenters. The molecule has 0 saturated carbocycles. The van der Waals surface area contributed by atoms with Gasteiger partial charge in [-0.2, -0.15) is 0 Å². The van der Waals surface area contributed by atoms with Gasteiger partial charge in [0.25, 0.3) is 0 Å². The normalized spacial score (nSPS) is 11.7. The molecule has 0 atom stereocenters. The van der Waals surface area contributed by atoms with E-state index in [-0.39, 0.29) is 0 Å². The molecule has 0 bridgehead atoms. The van der Waals surface area contributed by atoms with Gasteiger partial charge in [-0.3, -0.25) is 0 Å². The molecule has 0 aliphatic carbocycles. The molecule has 1 heteroatoms. The zero-order valence-electron chi connectivity index (χ0n) is 35.5. The van der Waals surface area contributed by atoms with Crippen LogP contribution in [0.2, 0.25) is 0 Å². The molecular weight excluding hydrogens is 785 g/mol. The average molecular weight is 825 g/mol. The number of hydrogen-bond donors (Lipinski definition) is 0. The molecule has 0 radical (unpaired) electrons. The van der Waals surface area contributed by atoms with Crippen LogP contribution in [0.5, 0.6) is 0 Å². The van der Waals surface area contributed by atoms with E-state index >= 15 is 0 Å². The Hall–Kier alpha value is -8.52. The maximum Gasteiger partial charge on any atom is 0.143 e. The van der Waals surface area contributed by atoms with E-state index < -0.39 is 0 Å². The zero-order valence-corrected chi connectivity index (χ0v) is 35.5. The van der Waals surface area contributed by atoms with E-state index in [9.17, 15) is 0 Å². The van der Waals surface area contributed by atoms with E-state index in [4.69, 9.17) is 4.42 Å². The van der Waals surface area contributed by atoms with Crippen LogP contribution in [0.3, 0.4) is 0 Å². The monoisotopic (exact) mass is 824 g/mol. The fraction of sp³-hybridized carbons (Fsp3) is 0. The van der Waals surface area contributed by atoms with E-state index in [0.717, 1.165) is 33.1 Å². The summed E-state index contributed by atoms with van der Waals surface area (Å²) in [6.07, 6.45) is 0. The Labute approximate surface area is 377 Å². The van der Waals surface area contributed by atoms with Crippen LogP contribution in [-0.2, 0) is 0 Å². The van der Waals surface area contributed by atoms with E-state index in [1.54, 1.807) is 0 Å². The average Bonchev–Trinajstić information content (AvgIpc) is 3.77. The summed E-state index contributed by atoms with van der Waals surface area (Å²) in [5.41, 5.74) is 16.1. The Bertz CT molecular complexity index is 3800. The molecule has 0 aliphatic rings. The van der Waals surface area contributed by atoms with Crippen molar-refractivity contribution in [1.29, 1.82) is 0 Å². The third-order valence-corrected chi connectivity index (χ3v) is 13.4. The van der Waals surface area contributed by atoms with Crippen LogP contribution in [0.15, 0.2) is 247 Å². The van der Waals surface area contributed by atoms with Crippen LogP contribution in [0, 0.1) is 0 Å². The highest BCUT2D eigenvalue weighted by Crippen LogP contribution is 2.50. The summed E-state index contributed by atoms with van der Waals surface area (Å²) in [7, 11) is 0. The number of para-hydroxylation sites is 1. The van der Waals surface area contributed by atoms with Gasteiger partial charge in [0.2, 0.25) is 0 Å². The number of rotatable bonds is 6. The quantitative estimate of drug-likeness (QED) is 0.152. The maximum atomic E-state index is 7.14. The summed E-state index contributed by atoms with van der Waals surface area (Å²) in [5.74, 6) is 0. The lowest BCUT2D eigenvalue weighted by molar-refractivity contribution is 0.670. The zero-order chi connectivity index (χ0) is 42.8. The number of benzene rings is 12. The second-order valence-corrected chi connectivity index (χ2v) is 17.0. The van der Waals surface area contributed by atoms with Crippen LogP contribution in [0.25, 0.3) is 132 Å². The molecule has 0 saturated heterocycles. The minimum atomic E-state index is 0.875. The lowest BCUT2D eigenvalue weighted by Crippen LogP contribution is -1.92. The fourth-order valence-electron chi connectivity index (χ4n) is 10.7. The molecule has 0 spiro atoms. The Kier molecular flexibility index (Phi) is 8.60. The van der Waals surface area contributed by atoms with Gasteiger partial charge in [0.05, 0.1) is 0 Å². The van der Waals surface area contributed by atoms with Gasteiger partial charge in [-0.1, -0.05) is 218 Å². The molecule has 65 heavy (non-hydrogen) atoms. The Balaban J connectivity index is 1.08. The molecule has 1 aromatic heterocycles. The smallest absolute Gasteiger partial charge is 0.143 e. The van der Waals surface area contributed by atoms with Gasteiger partial charge in [-0.05, 0) is 123 Å². The first kappa shape index (κ1) is 37.1. The van der Waals surface area contributed by atoms with Crippen molar-refractivity contribution in [3.8, 4) is 66.8 Å². The number of furan rings is 1.